The van der Waals surface area contributed by atoms with Gasteiger partial charge in [0.1, 0.15) is 0 Å². The molecule has 1 rings (SSSR count). The SMILES string of the molecule is CCOC(=O)C#Cc1cc(C)cnc1C(=O)O. The highest BCUT2D eigenvalue weighted by molar-refractivity contribution is 5.92. The molecule has 0 saturated heterocycles. The van der Waals surface area contributed by atoms with Gasteiger partial charge in [0.15, 0.2) is 5.69 Å². The number of rotatable bonds is 2. The zero-order valence-corrected chi connectivity index (χ0v) is 9.48. The number of esters is 1. The molecule has 5 nitrogen and oxygen atoms in total. The Morgan fingerprint density at radius 3 is 2.82 bits per heavy atom. The molecule has 5 heteroatoms. The fourth-order valence-corrected chi connectivity index (χ4v) is 1.12. The van der Waals surface area contributed by atoms with Crippen molar-refractivity contribution in [3.63, 3.8) is 0 Å². The van der Waals surface area contributed by atoms with Gasteiger partial charge in [-0.1, -0.05) is 5.92 Å². The van der Waals surface area contributed by atoms with Crippen molar-refractivity contribution >= 4 is 11.9 Å². The third kappa shape index (κ3) is 3.61. The molecular formula is C12H11NO4. The number of carboxylic acid groups (broad SMARTS) is 1. The van der Waals surface area contributed by atoms with Crippen LogP contribution in [0.5, 0.6) is 0 Å². The maximum atomic E-state index is 11.0. The molecule has 0 unspecified atom stereocenters. The molecule has 0 bridgehead atoms. The first kappa shape index (κ1) is 12.7. The van der Waals surface area contributed by atoms with Crippen molar-refractivity contribution in [2.45, 2.75) is 13.8 Å². The van der Waals surface area contributed by atoms with Gasteiger partial charge in [-0.3, -0.25) is 0 Å². The summed E-state index contributed by atoms with van der Waals surface area (Å²) >= 11 is 0. The number of carbonyl (C=O) groups is 2. The van der Waals surface area contributed by atoms with E-state index in [9.17, 15) is 9.59 Å². The first-order chi connectivity index (χ1) is 8.04. The molecule has 0 radical (unpaired) electrons. The van der Waals surface area contributed by atoms with Crippen molar-refractivity contribution < 1.29 is 19.4 Å². The molecule has 0 aliphatic rings. The van der Waals surface area contributed by atoms with Gasteiger partial charge >= 0.3 is 11.9 Å². The summed E-state index contributed by atoms with van der Waals surface area (Å²) in [5.41, 5.74) is 0.793. The van der Waals surface area contributed by atoms with E-state index in [4.69, 9.17) is 5.11 Å². The van der Waals surface area contributed by atoms with E-state index in [0.717, 1.165) is 5.56 Å². The Bertz CT molecular complexity index is 511. The van der Waals surface area contributed by atoms with Crippen LogP contribution in [0.1, 0.15) is 28.5 Å². The van der Waals surface area contributed by atoms with Crippen LogP contribution < -0.4 is 0 Å². The minimum atomic E-state index is -1.18. The third-order valence-corrected chi connectivity index (χ3v) is 1.80. The second kappa shape index (κ2) is 5.66. The second-order valence-corrected chi connectivity index (χ2v) is 3.18. The monoisotopic (exact) mass is 233 g/mol. The van der Waals surface area contributed by atoms with Crippen LogP contribution in [0.4, 0.5) is 0 Å². The molecule has 0 amide bonds. The smallest absolute Gasteiger partial charge is 0.384 e. The largest absolute Gasteiger partial charge is 0.476 e. The van der Waals surface area contributed by atoms with Gasteiger partial charge in [0.25, 0.3) is 0 Å². The van der Waals surface area contributed by atoms with Crippen molar-refractivity contribution in [3.05, 3.63) is 29.1 Å². The molecule has 88 valence electrons. The van der Waals surface area contributed by atoms with E-state index in [2.05, 4.69) is 21.6 Å². The minimum Gasteiger partial charge on any atom is -0.476 e. The van der Waals surface area contributed by atoms with Gasteiger partial charge in [-0.25, -0.2) is 14.6 Å². The summed E-state index contributed by atoms with van der Waals surface area (Å²) in [4.78, 5) is 25.6. The van der Waals surface area contributed by atoms with Crippen molar-refractivity contribution in [3.8, 4) is 11.8 Å². The average Bonchev–Trinajstić information content (AvgIpc) is 2.26. The molecule has 1 heterocycles. The molecule has 1 aromatic rings. The van der Waals surface area contributed by atoms with E-state index in [1.54, 1.807) is 19.9 Å². The minimum absolute atomic E-state index is 0.174. The number of carboxylic acids is 1. The standard InChI is InChI=1S/C12H11NO4/c1-3-17-10(14)5-4-9-6-8(2)7-13-11(9)12(15)16/h6-7H,3H2,1-2H3,(H,15,16). The van der Waals surface area contributed by atoms with Crippen LogP contribution >= 0.6 is 0 Å². The zero-order valence-electron chi connectivity index (χ0n) is 9.48. The summed E-state index contributed by atoms with van der Waals surface area (Å²) in [6, 6.07) is 1.56. The van der Waals surface area contributed by atoms with Gasteiger partial charge in [-0.05, 0) is 25.5 Å². The summed E-state index contributed by atoms with van der Waals surface area (Å²) < 4.78 is 4.61. The van der Waals surface area contributed by atoms with Gasteiger partial charge in [0.05, 0.1) is 12.2 Å². The highest BCUT2D eigenvalue weighted by atomic mass is 16.5. The van der Waals surface area contributed by atoms with Crippen LogP contribution in [0.3, 0.4) is 0 Å². The lowest BCUT2D eigenvalue weighted by Crippen LogP contribution is -2.05. The second-order valence-electron chi connectivity index (χ2n) is 3.18. The lowest BCUT2D eigenvalue weighted by atomic mass is 10.1. The number of pyridine rings is 1. The number of ether oxygens (including phenoxy) is 1. The summed E-state index contributed by atoms with van der Waals surface area (Å²) in [6.07, 6.45) is 1.43. The van der Waals surface area contributed by atoms with Crippen LogP contribution in [0.2, 0.25) is 0 Å². The first-order valence-electron chi connectivity index (χ1n) is 4.93. The Labute approximate surface area is 98.4 Å². The van der Waals surface area contributed by atoms with Gasteiger partial charge < -0.3 is 9.84 Å². The van der Waals surface area contributed by atoms with Gasteiger partial charge in [0.2, 0.25) is 0 Å². The van der Waals surface area contributed by atoms with Gasteiger partial charge in [-0.2, -0.15) is 0 Å². The zero-order chi connectivity index (χ0) is 12.8. The number of aromatic nitrogens is 1. The summed E-state index contributed by atoms with van der Waals surface area (Å²) in [5, 5.41) is 8.88. The molecule has 0 aromatic carbocycles. The number of nitrogens with zero attached hydrogens (tertiary/aromatic N) is 1. The van der Waals surface area contributed by atoms with Crippen molar-refractivity contribution in [1.29, 1.82) is 0 Å². The molecular weight excluding hydrogens is 222 g/mol. The summed E-state index contributed by atoms with van der Waals surface area (Å²) in [7, 11) is 0. The van der Waals surface area contributed by atoms with E-state index >= 15 is 0 Å². The van der Waals surface area contributed by atoms with Crippen LogP contribution in [-0.4, -0.2) is 28.6 Å². The van der Waals surface area contributed by atoms with Crippen molar-refractivity contribution in [2.24, 2.45) is 0 Å². The summed E-state index contributed by atoms with van der Waals surface area (Å²) in [5.74, 6) is 2.79. The van der Waals surface area contributed by atoms with Crippen LogP contribution in [0.15, 0.2) is 12.3 Å². The summed E-state index contributed by atoms with van der Waals surface area (Å²) in [6.45, 7) is 3.65. The molecule has 0 fully saturated rings. The predicted octanol–water partition coefficient (Wildman–Crippen LogP) is 1.00. The fourth-order valence-electron chi connectivity index (χ4n) is 1.12. The van der Waals surface area contributed by atoms with Crippen molar-refractivity contribution in [2.75, 3.05) is 6.61 Å². The average molecular weight is 233 g/mol. The van der Waals surface area contributed by atoms with Gasteiger partial charge in [0, 0.05) is 12.1 Å². The van der Waals surface area contributed by atoms with Crippen molar-refractivity contribution in [1.82, 2.24) is 4.98 Å². The molecule has 1 aromatic heterocycles. The molecule has 0 spiro atoms. The highest BCUT2D eigenvalue weighted by Gasteiger charge is 2.10. The molecule has 0 atom stereocenters. The van der Waals surface area contributed by atoms with E-state index in [1.165, 1.54) is 6.20 Å². The number of aryl methyl sites for hydroxylation is 1. The third-order valence-electron chi connectivity index (χ3n) is 1.80. The highest BCUT2D eigenvalue weighted by Crippen LogP contribution is 2.07. The number of hydrogen-bond donors (Lipinski definition) is 1. The first-order valence-corrected chi connectivity index (χ1v) is 4.93. The number of aromatic carboxylic acids is 1. The predicted molar refractivity (Wildman–Crippen MR) is 59.4 cm³/mol. The topological polar surface area (TPSA) is 76.5 Å². The Morgan fingerprint density at radius 1 is 1.53 bits per heavy atom. The van der Waals surface area contributed by atoms with Crippen LogP contribution in [-0.2, 0) is 9.53 Å². The van der Waals surface area contributed by atoms with Gasteiger partial charge in [-0.15, -0.1) is 0 Å². The maximum Gasteiger partial charge on any atom is 0.384 e. The molecule has 17 heavy (non-hydrogen) atoms. The quantitative estimate of drug-likeness (QED) is 0.609. The Balaban J connectivity index is 3.08. The van der Waals surface area contributed by atoms with Crippen LogP contribution in [0, 0.1) is 18.8 Å². The van der Waals surface area contributed by atoms with E-state index in [0.29, 0.717) is 0 Å². The van der Waals surface area contributed by atoms with Crippen LogP contribution in [0.25, 0.3) is 0 Å². The lowest BCUT2D eigenvalue weighted by molar-refractivity contribution is -0.136. The number of carbonyl (C=O) groups excluding carboxylic acids is 1. The van der Waals surface area contributed by atoms with E-state index in [-0.39, 0.29) is 17.9 Å². The molecule has 1 N–H and O–H groups in total. The molecule has 0 aliphatic heterocycles. The number of hydrogen-bond acceptors (Lipinski definition) is 4. The normalized spacial score (nSPS) is 9.06. The maximum absolute atomic E-state index is 11.0. The Morgan fingerprint density at radius 2 is 2.24 bits per heavy atom. The Kier molecular flexibility index (Phi) is 4.23. The van der Waals surface area contributed by atoms with E-state index < -0.39 is 11.9 Å². The lowest BCUT2D eigenvalue weighted by Gasteiger charge is -1.99. The fraction of sp³-hybridized carbons (Fsp3) is 0.250. The molecule has 0 saturated carbocycles. The van der Waals surface area contributed by atoms with E-state index in [1.807, 2.05) is 0 Å². The Hall–Kier alpha value is -2.35. The molecule has 0 aliphatic carbocycles.